The van der Waals surface area contributed by atoms with Crippen molar-refractivity contribution in [3.8, 4) is 11.4 Å². The first-order valence-corrected chi connectivity index (χ1v) is 7.55. The van der Waals surface area contributed by atoms with Gasteiger partial charge in [0.1, 0.15) is 0 Å². The molecule has 1 aliphatic rings. The topological polar surface area (TPSA) is 85.2 Å². The molecule has 6 nitrogen and oxygen atoms in total. The van der Waals surface area contributed by atoms with Crippen molar-refractivity contribution in [2.24, 2.45) is 5.73 Å². The van der Waals surface area contributed by atoms with E-state index < -0.39 is 0 Å². The highest BCUT2D eigenvalue weighted by Crippen LogP contribution is 2.19. The Bertz CT molecular complexity index is 581. The summed E-state index contributed by atoms with van der Waals surface area (Å²) in [5.41, 5.74) is 6.74. The predicted molar refractivity (Wildman–Crippen MR) is 75.1 cm³/mol. The quantitative estimate of drug-likeness (QED) is 0.917. The first-order chi connectivity index (χ1) is 9.72. The van der Waals surface area contributed by atoms with E-state index in [9.17, 15) is 4.79 Å². The molecule has 1 atom stereocenters. The van der Waals surface area contributed by atoms with Crippen LogP contribution in [0.15, 0.2) is 21.3 Å². The maximum absolute atomic E-state index is 12.0. The lowest BCUT2D eigenvalue weighted by molar-refractivity contribution is -0.130. The number of carbonyl (C=O) groups excluding carboxylic acids is 1. The summed E-state index contributed by atoms with van der Waals surface area (Å²) in [6.07, 6.45) is 1.74. The van der Waals surface area contributed by atoms with E-state index in [0.29, 0.717) is 31.1 Å². The number of rotatable bonds is 4. The second-order valence-corrected chi connectivity index (χ2v) is 5.69. The standard InChI is InChI=1S/C13H16N4O2S/c14-10-3-5-17(7-10)12(18)2-1-11-15-13(16-19-11)9-4-6-20-8-9/h4,6,8,10H,1-3,5,7,14H2/t10-/m1/s1. The number of hydrogen-bond donors (Lipinski definition) is 1. The van der Waals surface area contributed by atoms with Gasteiger partial charge in [-0.3, -0.25) is 4.79 Å². The van der Waals surface area contributed by atoms with Crippen LogP contribution in [0, 0.1) is 0 Å². The van der Waals surface area contributed by atoms with Gasteiger partial charge in [-0.1, -0.05) is 5.16 Å². The number of hydrogen-bond acceptors (Lipinski definition) is 6. The number of amides is 1. The fraction of sp³-hybridized carbons (Fsp3) is 0.462. The highest BCUT2D eigenvalue weighted by atomic mass is 32.1. The molecule has 0 bridgehead atoms. The molecule has 0 radical (unpaired) electrons. The molecule has 1 fully saturated rings. The lowest BCUT2D eigenvalue weighted by atomic mass is 10.2. The van der Waals surface area contributed by atoms with Crippen molar-refractivity contribution in [1.29, 1.82) is 0 Å². The maximum atomic E-state index is 12.0. The van der Waals surface area contributed by atoms with Crippen molar-refractivity contribution in [3.05, 3.63) is 22.7 Å². The highest BCUT2D eigenvalue weighted by Gasteiger charge is 2.23. The minimum Gasteiger partial charge on any atom is -0.341 e. The summed E-state index contributed by atoms with van der Waals surface area (Å²) in [4.78, 5) is 18.1. The van der Waals surface area contributed by atoms with Crippen molar-refractivity contribution < 1.29 is 9.32 Å². The van der Waals surface area contributed by atoms with Crippen LogP contribution < -0.4 is 5.73 Å². The van der Waals surface area contributed by atoms with E-state index in [1.165, 1.54) is 0 Å². The second kappa shape index (κ2) is 5.72. The van der Waals surface area contributed by atoms with Crippen molar-refractivity contribution in [1.82, 2.24) is 15.0 Å². The molecule has 3 heterocycles. The Labute approximate surface area is 120 Å². The van der Waals surface area contributed by atoms with Gasteiger partial charge in [-0.15, -0.1) is 0 Å². The molecule has 0 aromatic carbocycles. The van der Waals surface area contributed by atoms with E-state index in [2.05, 4.69) is 10.1 Å². The van der Waals surface area contributed by atoms with Crippen molar-refractivity contribution >= 4 is 17.2 Å². The van der Waals surface area contributed by atoms with Gasteiger partial charge in [0, 0.05) is 42.9 Å². The molecule has 2 N–H and O–H groups in total. The van der Waals surface area contributed by atoms with Gasteiger partial charge in [-0.05, 0) is 17.9 Å². The van der Waals surface area contributed by atoms with Crippen molar-refractivity contribution in [2.45, 2.75) is 25.3 Å². The van der Waals surface area contributed by atoms with Crippen LogP contribution in [0.4, 0.5) is 0 Å². The molecule has 2 aromatic rings. The molecule has 0 unspecified atom stereocenters. The summed E-state index contributed by atoms with van der Waals surface area (Å²) in [6.45, 7) is 1.41. The number of thiophene rings is 1. The largest absolute Gasteiger partial charge is 0.341 e. The van der Waals surface area contributed by atoms with Crippen LogP contribution in [0.5, 0.6) is 0 Å². The lowest BCUT2D eigenvalue weighted by Gasteiger charge is -2.14. The number of nitrogens with zero attached hydrogens (tertiary/aromatic N) is 3. The Kier molecular flexibility index (Phi) is 3.79. The van der Waals surface area contributed by atoms with Crippen LogP contribution in [0.3, 0.4) is 0 Å². The summed E-state index contributed by atoms with van der Waals surface area (Å²) in [5.74, 6) is 1.19. The van der Waals surface area contributed by atoms with Gasteiger partial charge in [-0.25, -0.2) is 0 Å². The Morgan fingerprint density at radius 1 is 1.60 bits per heavy atom. The van der Waals surface area contributed by atoms with Crippen LogP contribution >= 0.6 is 11.3 Å². The normalized spacial score (nSPS) is 18.6. The Morgan fingerprint density at radius 2 is 2.50 bits per heavy atom. The summed E-state index contributed by atoms with van der Waals surface area (Å²) >= 11 is 1.58. The molecule has 0 aliphatic carbocycles. The number of carbonyl (C=O) groups is 1. The Hall–Kier alpha value is -1.73. The van der Waals surface area contributed by atoms with E-state index in [-0.39, 0.29) is 11.9 Å². The molecule has 106 valence electrons. The van der Waals surface area contributed by atoms with Crippen molar-refractivity contribution in [2.75, 3.05) is 13.1 Å². The SMILES string of the molecule is N[C@@H]1CCN(C(=O)CCc2nc(-c3ccsc3)no2)C1. The average molecular weight is 292 g/mol. The minimum absolute atomic E-state index is 0.105. The van der Waals surface area contributed by atoms with Crippen LogP contribution in [-0.2, 0) is 11.2 Å². The molecule has 0 saturated carbocycles. The second-order valence-electron chi connectivity index (χ2n) is 4.91. The van der Waals surface area contributed by atoms with E-state index >= 15 is 0 Å². The fourth-order valence-electron chi connectivity index (χ4n) is 2.25. The summed E-state index contributed by atoms with van der Waals surface area (Å²) in [7, 11) is 0. The third-order valence-corrected chi connectivity index (χ3v) is 4.06. The Morgan fingerprint density at radius 3 is 3.20 bits per heavy atom. The molecular weight excluding hydrogens is 276 g/mol. The van der Waals surface area contributed by atoms with Gasteiger partial charge >= 0.3 is 0 Å². The van der Waals surface area contributed by atoms with Gasteiger partial charge in [-0.2, -0.15) is 16.3 Å². The average Bonchev–Trinajstić information content (AvgIpc) is 3.16. The summed E-state index contributed by atoms with van der Waals surface area (Å²) in [5, 5.41) is 7.85. The molecular formula is C13H16N4O2S. The number of likely N-dealkylation sites (tertiary alicyclic amines) is 1. The predicted octanol–water partition coefficient (Wildman–Crippen LogP) is 1.29. The van der Waals surface area contributed by atoms with E-state index in [1.54, 1.807) is 16.2 Å². The van der Waals surface area contributed by atoms with Crippen LogP contribution in [0.1, 0.15) is 18.7 Å². The van der Waals surface area contributed by atoms with Gasteiger partial charge < -0.3 is 15.2 Å². The first-order valence-electron chi connectivity index (χ1n) is 6.61. The highest BCUT2D eigenvalue weighted by molar-refractivity contribution is 7.08. The first kappa shape index (κ1) is 13.3. The van der Waals surface area contributed by atoms with Gasteiger partial charge in [0.2, 0.25) is 17.6 Å². The van der Waals surface area contributed by atoms with Gasteiger partial charge in [0.25, 0.3) is 0 Å². The van der Waals surface area contributed by atoms with Crippen molar-refractivity contribution in [3.63, 3.8) is 0 Å². The fourth-order valence-corrected chi connectivity index (χ4v) is 2.89. The van der Waals surface area contributed by atoms with Crippen LogP contribution in [-0.4, -0.2) is 40.1 Å². The van der Waals surface area contributed by atoms with Gasteiger partial charge in [0.15, 0.2) is 0 Å². The molecule has 0 spiro atoms. The summed E-state index contributed by atoms with van der Waals surface area (Å²) < 4.78 is 5.17. The lowest BCUT2D eigenvalue weighted by Crippen LogP contribution is -2.31. The smallest absolute Gasteiger partial charge is 0.227 e. The molecule has 1 saturated heterocycles. The van der Waals surface area contributed by atoms with E-state index in [4.69, 9.17) is 10.3 Å². The monoisotopic (exact) mass is 292 g/mol. The zero-order chi connectivity index (χ0) is 13.9. The van der Waals surface area contributed by atoms with Gasteiger partial charge in [0.05, 0.1) is 0 Å². The molecule has 3 rings (SSSR count). The molecule has 7 heteroatoms. The minimum atomic E-state index is 0.105. The molecule has 1 amide bonds. The molecule has 20 heavy (non-hydrogen) atoms. The maximum Gasteiger partial charge on any atom is 0.227 e. The zero-order valence-electron chi connectivity index (χ0n) is 11.0. The number of aryl methyl sites for hydroxylation is 1. The third-order valence-electron chi connectivity index (χ3n) is 3.38. The van der Waals surface area contributed by atoms with E-state index in [0.717, 1.165) is 18.5 Å². The number of aromatic nitrogens is 2. The number of nitrogens with two attached hydrogens (primary N) is 1. The zero-order valence-corrected chi connectivity index (χ0v) is 11.8. The molecule has 1 aliphatic heterocycles. The molecule has 2 aromatic heterocycles. The Balaban J connectivity index is 1.55. The third kappa shape index (κ3) is 2.88. The van der Waals surface area contributed by atoms with Crippen LogP contribution in [0.25, 0.3) is 11.4 Å². The van der Waals surface area contributed by atoms with Crippen LogP contribution in [0.2, 0.25) is 0 Å². The summed E-state index contributed by atoms with van der Waals surface area (Å²) in [6, 6.07) is 2.06. The van der Waals surface area contributed by atoms with E-state index in [1.807, 2.05) is 16.8 Å².